The predicted octanol–water partition coefficient (Wildman–Crippen LogP) is 2.32. The summed E-state index contributed by atoms with van der Waals surface area (Å²) in [6.07, 6.45) is -0.737. The van der Waals surface area contributed by atoms with Gasteiger partial charge in [-0.05, 0) is 25.1 Å². The van der Waals surface area contributed by atoms with E-state index in [1.54, 1.807) is 55.5 Å². The zero-order chi connectivity index (χ0) is 15.2. The van der Waals surface area contributed by atoms with Crippen molar-refractivity contribution in [3.8, 4) is 0 Å². The Morgan fingerprint density at radius 1 is 0.905 bits per heavy atom. The second kappa shape index (κ2) is 6.67. The van der Waals surface area contributed by atoms with Crippen LogP contribution in [0.5, 0.6) is 0 Å². The quantitative estimate of drug-likeness (QED) is 0.757. The van der Waals surface area contributed by atoms with Crippen molar-refractivity contribution in [2.24, 2.45) is 0 Å². The summed E-state index contributed by atoms with van der Waals surface area (Å²) in [6, 6.07) is 15.5. The number of rotatable bonds is 3. The summed E-state index contributed by atoms with van der Waals surface area (Å²) >= 11 is 0. The predicted molar refractivity (Wildman–Crippen MR) is 80.8 cm³/mol. The van der Waals surface area contributed by atoms with Crippen LogP contribution in [0, 0.1) is 0 Å². The molecule has 1 atom stereocenters. The number of aliphatic hydroxyl groups is 1. The summed E-state index contributed by atoms with van der Waals surface area (Å²) in [6.45, 7) is 1.59. The average Bonchev–Trinajstić information content (AvgIpc) is 2.48. The van der Waals surface area contributed by atoms with E-state index in [1.165, 1.54) is 0 Å². The number of nitrogens with one attached hydrogen (secondary N) is 2. The first-order valence-corrected chi connectivity index (χ1v) is 6.52. The molecule has 0 bridgehead atoms. The van der Waals surface area contributed by atoms with Crippen molar-refractivity contribution >= 4 is 23.2 Å². The first-order chi connectivity index (χ1) is 10.1. The molecule has 0 aliphatic heterocycles. The maximum Gasteiger partial charge on any atom is 0.314 e. The minimum absolute atomic E-state index is 0.417. The molecule has 0 saturated carbocycles. The van der Waals surface area contributed by atoms with Crippen LogP contribution in [0.15, 0.2) is 54.6 Å². The highest BCUT2D eigenvalue weighted by atomic mass is 16.3. The van der Waals surface area contributed by atoms with Crippen molar-refractivity contribution in [2.75, 3.05) is 10.6 Å². The first kappa shape index (κ1) is 14.7. The monoisotopic (exact) mass is 284 g/mol. The van der Waals surface area contributed by atoms with E-state index in [0.29, 0.717) is 16.9 Å². The highest BCUT2D eigenvalue weighted by Gasteiger charge is 2.16. The van der Waals surface area contributed by atoms with Crippen LogP contribution in [0.1, 0.15) is 18.6 Å². The van der Waals surface area contributed by atoms with E-state index in [1.807, 2.05) is 6.07 Å². The molecule has 2 amide bonds. The lowest BCUT2D eigenvalue weighted by Gasteiger charge is -2.12. The molecule has 0 aliphatic rings. The summed E-state index contributed by atoms with van der Waals surface area (Å²) in [7, 11) is 0. The molecule has 5 nitrogen and oxygen atoms in total. The normalized spacial score (nSPS) is 11.5. The van der Waals surface area contributed by atoms with E-state index in [2.05, 4.69) is 10.6 Å². The van der Waals surface area contributed by atoms with Gasteiger partial charge in [0.2, 0.25) is 0 Å². The molecule has 2 rings (SSSR count). The van der Waals surface area contributed by atoms with Gasteiger partial charge >= 0.3 is 11.8 Å². The SMILES string of the molecule is CC(O)c1ccccc1NC(=O)C(=O)Nc1ccccc1. The number of amides is 2. The number of hydrogen-bond acceptors (Lipinski definition) is 3. The van der Waals surface area contributed by atoms with Gasteiger partial charge in [-0.15, -0.1) is 0 Å². The number of carbonyl (C=O) groups excluding carboxylic acids is 2. The molecule has 2 aromatic carbocycles. The van der Waals surface area contributed by atoms with Gasteiger partial charge in [0.1, 0.15) is 0 Å². The molecular weight excluding hydrogens is 268 g/mol. The van der Waals surface area contributed by atoms with E-state index < -0.39 is 17.9 Å². The summed E-state index contributed by atoms with van der Waals surface area (Å²) in [5.74, 6) is -1.55. The zero-order valence-corrected chi connectivity index (χ0v) is 11.5. The molecule has 0 spiro atoms. The number of hydrogen-bond donors (Lipinski definition) is 3. The van der Waals surface area contributed by atoms with Crippen molar-refractivity contribution in [1.82, 2.24) is 0 Å². The van der Waals surface area contributed by atoms with Crippen LogP contribution in [-0.4, -0.2) is 16.9 Å². The maximum atomic E-state index is 11.9. The van der Waals surface area contributed by atoms with E-state index in [-0.39, 0.29) is 0 Å². The lowest BCUT2D eigenvalue weighted by atomic mass is 10.1. The van der Waals surface area contributed by atoms with Gasteiger partial charge in [-0.3, -0.25) is 9.59 Å². The summed E-state index contributed by atoms with van der Waals surface area (Å²) in [4.78, 5) is 23.7. The van der Waals surface area contributed by atoms with Gasteiger partial charge in [0.25, 0.3) is 0 Å². The average molecular weight is 284 g/mol. The molecule has 0 saturated heterocycles. The number of para-hydroxylation sites is 2. The highest BCUT2D eigenvalue weighted by molar-refractivity contribution is 6.43. The molecule has 0 aliphatic carbocycles. The fourth-order valence-electron chi connectivity index (χ4n) is 1.86. The molecule has 1 unspecified atom stereocenters. The molecule has 5 heteroatoms. The minimum Gasteiger partial charge on any atom is -0.389 e. The Morgan fingerprint density at radius 2 is 1.48 bits per heavy atom. The van der Waals surface area contributed by atoms with Gasteiger partial charge in [0.15, 0.2) is 0 Å². The maximum absolute atomic E-state index is 11.9. The van der Waals surface area contributed by atoms with Gasteiger partial charge in [-0.1, -0.05) is 36.4 Å². The second-order valence-corrected chi connectivity index (χ2v) is 4.54. The van der Waals surface area contributed by atoms with Crippen LogP contribution >= 0.6 is 0 Å². The van der Waals surface area contributed by atoms with Gasteiger partial charge in [-0.25, -0.2) is 0 Å². The van der Waals surface area contributed by atoms with Crippen molar-refractivity contribution in [3.05, 3.63) is 60.2 Å². The highest BCUT2D eigenvalue weighted by Crippen LogP contribution is 2.22. The van der Waals surface area contributed by atoms with E-state index in [4.69, 9.17) is 0 Å². The standard InChI is InChI=1S/C16H16N2O3/c1-11(19)13-9-5-6-10-14(13)18-16(21)15(20)17-12-7-3-2-4-8-12/h2-11,19H,1H3,(H,17,20)(H,18,21). The van der Waals surface area contributed by atoms with Crippen molar-refractivity contribution in [3.63, 3.8) is 0 Å². The summed E-state index contributed by atoms with van der Waals surface area (Å²) in [5, 5.41) is 14.6. The number of anilines is 2. The molecule has 0 fully saturated rings. The third kappa shape index (κ3) is 3.90. The molecule has 0 heterocycles. The smallest absolute Gasteiger partial charge is 0.314 e. The lowest BCUT2D eigenvalue weighted by Crippen LogP contribution is -2.29. The third-order valence-electron chi connectivity index (χ3n) is 2.90. The Hall–Kier alpha value is -2.66. The van der Waals surface area contributed by atoms with Crippen molar-refractivity contribution in [1.29, 1.82) is 0 Å². The van der Waals surface area contributed by atoms with E-state index in [0.717, 1.165) is 0 Å². The lowest BCUT2D eigenvalue weighted by molar-refractivity contribution is -0.133. The number of benzene rings is 2. The Labute approximate surface area is 122 Å². The van der Waals surface area contributed by atoms with Gasteiger partial charge in [0.05, 0.1) is 6.10 Å². The number of aliphatic hydroxyl groups excluding tert-OH is 1. The third-order valence-corrected chi connectivity index (χ3v) is 2.90. The fraction of sp³-hybridized carbons (Fsp3) is 0.125. The van der Waals surface area contributed by atoms with Crippen LogP contribution in [0.2, 0.25) is 0 Å². The summed E-state index contributed by atoms with van der Waals surface area (Å²) < 4.78 is 0. The van der Waals surface area contributed by atoms with Crippen molar-refractivity contribution < 1.29 is 14.7 Å². The van der Waals surface area contributed by atoms with E-state index >= 15 is 0 Å². The second-order valence-electron chi connectivity index (χ2n) is 4.54. The fourth-order valence-corrected chi connectivity index (χ4v) is 1.86. The van der Waals surface area contributed by atoms with Gasteiger partial charge in [0, 0.05) is 16.9 Å². The molecule has 21 heavy (non-hydrogen) atoms. The molecule has 0 aromatic heterocycles. The summed E-state index contributed by atoms with van der Waals surface area (Å²) in [5.41, 5.74) is 1.51. The van der Waals surface area contributed by atoms with Gasteiger partial charge in [-0.2, -0.15) is 0 Å². The van der Waals surface area contributed by atoms with Crippen molar-refractivity contribution in [2.45, 2.75) is 13.0 Å². The minimum atomic E-state index is -0.785. The van der Waals surface area contributed by atoms with Crippen LogP contribution in [-0.2, 0) is 9.59 Å². The zero-order valence-electron chi connectivity index (χ0n) is 11.5. The van der Waals surface area contributed by atoms with Crippen LogP contribution in [0.4, 0.5) is 11.4 Å². The van der Waals surface area contributed by atoms with E-state index in [9.17, 15) is 14.7 Å². The number of carbonyl (C=O) groups is 2. The molecule has 2 aromatic rings. The Balaban J connectivity index is 2.06. The Bertz CT molecular complexity index is 639. The Kier molecular flexibility index (Phi) is 4.68. The Morgan fingerprint density at radius 3 is 2.14 bits per heavy atom. The van der Waals surface area contributed by atoms with Gasteiger partial charge < -0.3 is 15.7 Å². The molecule has 3 N–H and O–H groups in total. The van der Waals surface area contributed by atoms with Crippen LogP contribution in [0.3, 0.4) is 0 Å². The molecule has 0 radical (unpaired) electrons. The molecular formula is C16H16N2O3. The topological polar surface area (TPSA) is 78.4 Å². The van der Waals surface area contributed by atoms with Crippen LogP contribution < -0.4 is 10.6 Å². The van der Waals surface area contributed by atoms with Crippen LogP contribution in [0.25, 0.3) is 0 Å². The largest absolute Gasteiger partial charge is 0.389 e. The molecule has 108 valence electrons. The first-order valence-electron chi connectivity index (χ1n) is 6.52.